The molecule has 0 unspecified atom stereocenters. The fraction of sp³-hybridized carbons (Fsp3) is 0.286. The Kier molecular flexibility index (Phi) is 3.13. The van der Waals surface area contributed by atoms with Crippen LogP contribution >= 0.6 is 0 Å². The number of rotatable bonds is 2. The lowest BCUT2D eigenvalue weighted by atomic mass is 10.1. The molecular formula is C14H16FN3. The van der Waals surface area contributed by atoms with E-state index in [1.807, 2.05) is 26.8 Å². The Hall–Kier alpha value is -1.81. The van der Waals surface area contributed by atoms with E-state index in [9.17, 15) is 4.39 Å². The van der Waals surface area contributed by atoms with Crippen LogP contribution in [0, 0.1) is 12.7 Å². The summed E-state index contributed by atoms with van der Waals surface area (Å²) in [6.07, 6.45) is 0. The van der Waals surface area contributed by atoms with E-state index in [0.717, 1.165) is 17.0 Å². The predicted molar refractivity (Wildman–Crippen MR) is 69.4 cm³/mol. The molecule has 0 bridgehead atoms. The Labute approximate surface area is 106 Å². The average molecular weight is 245 g/mol. The second-order valence-corrected chi connectivity index (χ2v) is 4.95. The monoisotopic (exact) mass is 245 g/mol. The predicted octanol–water partition coefficient (Wildman–Crippen LogP) is 2.78. The molecule has 0 radical (unpaired) electrons. The molecule has 94 valence electrons. The van der Waals surface area contributed by atoms with E-state index in [1.165, 1.54) is 12.1 Å². The van der Waals surface area contributed by atoms with Crippen LogP contribution in [0.3, 0.4) is 0 Å². The minimum absolute atomic E-state index is 0.260. The van der Waals surface area contributed by atoms with Gasteiger partial charge in [0.05, 0.1) is 11.2 Å². The van der Waals surface area contributed by atoms with E-state index >= 15 is 0 Å². The number of hydrogen-bond donors (Lipinski definition) is 1. The molecule has 0 aliphatic rings. The third-order valence-electron chi connectivity index (χ3n) is 2.57. The van der Waals surface area contributed by atoms with Crippen LogP contribution in [0.25, 0.3) is 11.3 Å². The molecule has 0 fully saturated rings. The molecule has 0 amide bonds. The van der Waals surface area contributed by atoms with E-state index in [-0.39, 0.29) is 5.82 Å². The van der Waals surface area contributed by atoms with Crippen molar-refractivity contribution in [2.24, 2.45) is 5.73 Å². The summed E-state index contributed by atoms with van der Waals surface area (Å²) in [5, 5.41) is 0. The first kappa shape index (κ1) is 12.6. The standard InChI is InChI=1S/C14H16FN3/c1-9-8-12(10-4-6-11(15)7-5-10)18-13(17-9)14(2,3)16/h4-8H,16H2,1-3H3. The molecule has 2 aromatic rings. The molecule has 0 atom stereocenters. The molecule has 3 nitrogen and oxygen atoms in total. The summed E-state index contributed by atoms with van der Waals surface area (Å²) >= 11 is 0. The van der Waals surface area contributed by atoms with Gasteiger partial charge in [-0.15, -0.1) is 0 Å². The van der Waals surface area contributed by atoms with Crippen LogP contribution in [0.5, 0.6) is 0 Å². The lowest BCUT2D eigenvalue weighted by Crippen LogP contribution is -2.31. The first-order valence-electron chi connectivity index (χ1n) is 5.77. The molecule has 1 aromatic carbocycles. The fourth-order valence-electron chi connectivity index (χ4n) is 1.63. The SMILES string of the molecule is Cc1cc(-c2ccc(F)cc2)nc(C(C)(C)N)n1. The third-order valence-corrected chi connectivity index (χ3v) is 2.57. The maximum Gasteiger partial charge on any atom is 0.148 e. The van der Waals surface area contributed by atoms with Crippen LogP contribution in [-0.4, -0.2) is 9.97 Å². The van der Waals surface area contributed by atoms with Gasteiger partial charge in [0.2, 0.25) is 0 Å². The highest BCUT2D eigenvalue weighted by Crippen LogP contribution is 2.21. The second kappa shape index (κ2) is 4.46. The smallest absolute Gasteiger partial charge is 0.148 e. The van der Waals surface area contributed by atoms with Crippen LogP contribution in [0.1, 0.15) is 25.4 Å². The first-order valence-corrected chi connectivity index (χ1v) is 5.77. The highest BCUT2D eigenvalue weighted by atomic mass is 19.1. The molecule has 18 heavy (non-hydrogen) atoms. The highest BCUT2D eigenvalue weighted by molar-refractivity contribution is 5.59. The van der Waals surface area contributed by atoms with Gasteiger partial charge >= 0.3 is 0 Å². The molecule has 1 aromatic heterocycles. The summed E-state index contributed by atoms with van der Waals surface area (Å²) in [6, 6.07) is 8.09. The minimum Gasteiger partial charge on any atom is -0.319 e. The molecule has 0 saturated heterocycles. The van der Waals surface area contributed by atoms with Crippen LogP contribution < -0.4 is 5.73 Å². The van der Waals surface area contributed by atoms with Gasteiger partial charge < -0.3 is 5.73 Å². The molecule has 0 saturated carbocycles. The summed E-state index contributed by atoms with van der Waals surface area (Å²) in [4.78, 5) is 8.78. The van der Waals surface area contributed by atoms with Crippen molar-refractivity contribution in [3.8, 4) is 11.3 Å². The van der Waals surface area contributed by atoms with E-state index in [2.05, 4.69) is 9.97 Å². The van der Waals surface area contributed by atoms with Gasteiger partial charge in [-0.1, -0.05) is 0 Å². The van der Waals surface area contributed by atoms with E-state index in [0.29, 0.717) is 5.82 Å². The lowest BCUT2D eigenvalue weighted by Gasteiger charge is -2.18. The summed E-state index contributed by atoms with van der Waals surface area (Å²) in [5.41, 5.74) is 7.87. The van der Waals surface area contributed by atoms with Crippen molar-refractivity contribution in [1.29, 1.82) is 0 Å². The molecule has 0 aliphatic heterocycles. The zero-order valence-corrected chi connectivity index (χ0v) is 10.7. The van der Waals surface area contributed by atoms with Crippen LogP contribution in [0.15, 0.2) is 30.3 Å². The summed E-state index contributed by atoms with van der Waals surface area (Å²) in [7, 11) is 0. The van der Waals surface area contributed by atoms with Gasteiger partial charge in [0, 0.05) is 11.3 Å². The van der Waals surface area contributed by atoms with Gasteiger partial charge in [-0.05, 0) is 51.1 Å². The first-order chi connectivity index (χ1) is 8.36. The Morgan fingerprint density at radius 1 is 1.11 bits per heavy atom. The van der Waals surface area contributed by atoms with Gasteiger partial charge in [-0.3, -0.25) is 0 Å². The second-order valence-electron chi connectivity index (χ2n) is 4.95. The van der Waals surface area contributed by atoms with Crippen LogP contribution in [-0.2, 0) is 5.54 Å². The van der Waals surface area contributed by atoms with E-state index in [1.54, 1.807) is 12.1 Å². The quantitative estimate of drug-likeness (QED) is 0.885. The van der Waals surface area contributed by atoms with E-state index < -0.39 is 5.54 Å². The number of aromatic nitrogens is 2. The largest absolute Gasteiger partial charge is 0.319 e. The molecule has 2 rings (SSSR count). The molecule has 2 N–H and O–H groups in total. The molecule has 0 spiro atoms. The highest BCUT2D eigenvalue weighted by Gasteiger charge is 2.19. The topological polar surface area (TPSA) is 51.8 Å². The number of benzene rings is 1. The minimum atomic E-state index is -0.596. The van der Waals surface area contributed by atoms with Crippen molar-refractivity contribution in [3.63, 3.8) is 0 Å². The maximum absolute atomic E-state index is 12.9. The third kappa shape index (κ3) is 2.71. The Balaban J connectivity index is 2.52. The van der Waals surface area contributed by atoms with Crippen LogP contribution in [0.2, 0.25) is 0 Å². The number of halogens is 1. The number of nitrogens with two attached hydrogens (primary N) is 1. The van der Waals surface area contributed by atoms with Crippen molar-refractivity contribution in [2.45, 2.75) is 26.3 Å². The normalized spacial score (nSPS) is 11.6. The van der Waals surface area contributed by atoms with Gasteiger partial charge in [0.1, 0.15) is 11.6 Å². The van der Waals surface area contributed by atoms with Gasteiger partial charge in [0.25, 0.3) is 0 Å². The molecule has 0 aliphatic carbocycles. The number of hydrogen-bond acceptors (Lipinski definition) is 3. The summed E-state index contributed by atoms with van der Waals surface area (Å²) in [6.45, 7) is 5.61. The van der Waals surface area contributed by atoms with Crippen molar-refractivity contribution >= 4 is 0 Å². The Morgan fingerprint density at radius 2 is 1.72 bits per heavy atom. The number of nitrogens with zero attached hydrogens (tertiary/aromatic N) is 2. The number of aryl methyl sites for hydroxylation is 1. The Bertz CT molecular complexity index is 556. The fourth-order valence-corrected chi connectivity index (χ4v) is 1.63. The Morgan fingerprint density at radius 3 is 2.28 bits per heavy atom. The summed E-state index contributed by atoms with van der Waals surface area (Å²) < 4.78 is 12.9. The van der Waals surface area contributed by atoms with Gasteiger partial charge in [0.15, 0.2) is 0 Å². The van der Waals surface area contributed by atoms with Crippen molar-refractivity contribution < 1.29 is 4.39 Å². The summed E-state index contributed by atoms with van der Waals surface area (Å²) in [5.74, 6) is 0.325. The zero-order chi connectivity index (χ0) is 13.3. The van der Waals surface area contributed by atoms with Gasteiger partial charge in [-0.2, -0.15) is 0 Å². The van der Waals surface area contributed by atoms with Crippen LogP contribution in [0.4, 0.5) is 4.39 Å². The maximum atomic E-state index is 12.9. The van der Waals surface area contributed by atoms with Gasteiger partial charge in [-0.25, -0.2) is 14.4 Å². The average Bonchev–Trinajstić information content (AvgIpc) is 2.28. The van der Waals surface area contributed by atoms with E-state index in [4.69, 9.17) is 5.73 Å². The molecule has 4 heteroatoms. The van der Waals surface area contributed by atoms with Crippen molar-refractivity contribution in [3.05, 3.63) is 47.7 Å². The molecule has 1 heterocycles. The lowest BCUT2D eigenvalue weighted by molar-refractivity contribution is 0.512. The zero-order valence-electron chi connectivity index (χ0n) is 10.7. The van der Waals surface area contributed by atoms with Crippen molar-refractivity contribution in [1.82, 2.24) is 9.97 Å². The molecular weight excluding hydrogens is 229 g/mol. The van der Waals surface area contributed by atoms with Crippen molar-refractivity contribution in [2.75, 3.05) is 0 Å².